The minimum absolute atomic E-state index is 0.0154. The zero-order valence-corrected chi connectivity index (χ0v) is 10.8. The predicted octanol–water partition coefficient (Wildman–Crippen LogP) is 1.62. The van der Waals surface area contributed by atoms with E-state index < -0.39 is 5.60 Å². The second-order valence-corrected chi connectivity index (χ2v) is 6.92. The third kappa shape index (κ3) is 1.65. The van der Waals surface area contributed by atoms with Crippen LogP contribution in [0.5, 0.6) is 0 Å². The van der Waals surface area contributed by atoms with Crippen molar-refractivity contribution < 1.29 is 14.6 Å². The molecular weight excluding hydrogens is 218 g/mol. The minimum atomic E-state index is -0.434. The second kappa shape index (κ2) is 3.16. The van der Waals surface area contributed by atoms with Crippen LogP contribution in [-0.4, -0.2) is 40.9 Å². The molecule has 1 saturated heterocycles. The third-order valence-electron chi connectivity index (χ3n) is 4.47. The number of carbonyl (C=O) groups is 1. The highest BCUT2D eigenvalue weighted by atomic mass is 16.6. The highest BCUT2D eigenvalue weighted by Crippen LogP contribution is 2.65. The summed E-state index contributed by atoms with van der Waals surface area (Å²) in [5, 5.41) is 10.1. The molecule has 4 heteroatoms. The van der Waals surface area contributed by atoms with Gasteiger partial charge in [-0.3, -0.25) is 0 Å². The fourth-order valence-corrected chi connectivity index (χ4v) is 3.55. The molecule has 2 aliphatic carbocycles. The van der Waals surface area contributed by atoms with E-state index in [9.17, 15) is 9.90 Å². The number of aliphatic hydroxyl groups excluding tert-OH is 1. The molecule has 0 aromatic rings. The molecule has 1 spiro atoms. The zero-order chi connectivity index (χ0) is 12.4. The molecular formula is C13H21NO3. The van der Waals surface area contributed by atoms with Crippen LogP contribution in [0.2, 0.25) is 0 Å². The van der Waals surface area contributed by atoms with Gasteiger partial charge in [0.05, 0.1) is 6.10 Å². The monoisotopic (exact) mass is 239 g/mol. The van der Waals surface area contributed by atoms with Crippen molar-refractivity contribution in [3.63, 3.8) is 0 Å². The van der Waals surface area contributed by atoms with E-state index >= 15 is 0 Å². The van der Waals surface area contributed by atoms with Gasteiger partial charge in [0.25, 0.3) is 0 Å². The van der Waals surface area contributed by atoms with Crippen LogP contribution in [0.1, 0.15) is 33.6 Å². The highest BCUT2D eigenvalue weighted by Gasteiger charge is 2.68. The number of rotatable bonds is 0. The van der Waals surface area contributed by atoms with Crippen molar-refractivity contribution in [1.29, 1.82) is 0 Å². The molecule has 1 amide bonds. The van der Waals surface area contributed by atoms with E-state index in [-0.39, 0.29) is 17.6 Å². The number of hydrogen-bond donors (Lipinski definition) is 1. The van der Waals surface area contributed by atoms with Crippen LogP contribution < -0.4 is 0 Å². The van der Waals surface area contributed by atoms with Crippen LogP contribution in [0.4, 0.5) is 4.79 Å². The Morgan fingerprint density at radius 1 is 1.35 bits per heavy atom. The average Bonchev–Trinajstić information content (AvgIpc) is 2.73. The first-order valence-electron chi connectivity index (χ1n) is 6.48. The molecule has 1 aliphatic heterocycles. The first-order valence-corrected chi connectivity index (χ1v) is 6.48. The average molecular weight is 239 g/mol. The molecule has 1 N–H and O–H groups in total. The van der Waals surface area contributed by atoms with Crippen molar-refractivity contribution in [3.05, 3.63) is 0 Å². The Labute approximate surface area is 102 Å². The standard InChI is InChI=1S/C13H21NO3/c1-12(2,3)17-11(16)14-6-13(7-14)9-4-8(9)5-10(13)15/h8-10,15H,4-7H2,1-3H3. The van der Waals surface area contributed by atoms with Gasteiger partial charge in [-0.1, -0.05) is 0 Å². The molecule has 96 valence electrons. The van der Waals surface area contributed by atoms with Crippen LogP contribution in [-0.2, 0) is 4.74 Å². The highest BCUT2D eigenvalue weighted by molar-refractivity contribution is 5.69. The maximum absolute atomic E-state index is 11.8. The lowest BCUT2D eigenvalue weighted by Gasteiger charge is -2.51. The van der Waals surface area contributed by atoms with Crippen LogP contribution in [0.3, 0.4) is 0 Å². The van der Waals surface area contributed by atoms with E-state index in [1.165, 1.54) is 6.42 Å². The van der Waals surface area contributed by atoms with E-state index in [0.29, 0.717) is 19.0 Å². The van der Waals surface area contributed by atoms with Gasteiger partial charge < -0.3 is 14.7 Å². The van der Waals surface area contributed by atoms with Crippen molar-refractivity contribution >= 4 is 6.09 Å². The lowest BCUT2D eigenvalue weighted by molar-refractivity contribution is -0.0918. The van der Waals surface area contributed by atoms with Gasteiger partial charge in [-0.2, -0.15) is 0 Å². The normalized spacial score (nSPS) is 37.6. The summed E-state index contributed by atoms with van der Waals surface area (Å²) < 4.78 is 5.33. The molecule has 2 saturated carbocycles. The Morgan fingerprint density at radius 2 is 2.00 bits per heavy atom. The van der Waals surface area contributed by atoms with Gasteiger partial charge >= 0.3 is 6.09 Å². The van der Waals surface area contributed by atoms with Gasteiger partial charge in [0, 0.05) is 18.5 Å². The van der Waals surface area contributed by atoms with E-state index in [0.717, 1.165) is 12.3 Å². The zero-order valence-electron chi connectivity index (χ0n) is 10.8. The number of nitrogens with zero attached hydrogens (tertiary/aromatic N) is 1. The fraction of sp³-hybridized carbons (Fsp3) is 0.923. The molecule has 17 heavy (non-hydrogen) atoms. The summed E-state index contributed by atoms with van der Waals surface area (Å²) in [6.45, 7) is 7.00. The molecule has 0 aromatic carbocycles. The van der Waals surface area contributed by atoms with Crippen molar-refractivity contribution in [3.8, 4) is 0 Å². The van der Waals surface area contributed by atoms with Crippen LogP contribution >= 0.6 is 0 Å². The van der Waals surface area contributed by atoms with Gasteiger partial charge in [0.2, 0.25) is 0 Å². The van der Waals surface area contributed by atoms with E-state index in [2.05, 4.69) is 0 Å². The van der Waals surface area contributed by atoms with Crippen molar-refractivity contribution in [2.75, 3.05) is 13.1 Å². The topological polar surface area (TPSA) is 49.8 Å². The minimum Gasteiger partial charge on any atom is -0.444 e. The maximum atomic E-state index is 11.8. The molecule has 1 heterocycles. The van der Waals surface area contributed by atoms with Gasteiger partial charge in [0.15, 0.2) is 0 Å². The summed E-state index contributed by atoms with van der Waals surface area (Å²) in [6, 6.07) is 0. The molecule has 0 bridgehead atoms. The Morgan fingerprint density at radius 3 is 2.47 bits per heavy atom. The number of hydrogen-bond acceptors (Lipinski definition) is 3. The lowest BCUT2D eigenvalue weighted by atomic mass is 9.73. The number of fused-ring (bicyclic) bond motifs is 2. The van der Waals surface area contributed by atoms with Gasteiger partial charge in [-0.05, 0) is 45.4 Å². The SMILES string of the molecule is CC(C)(C)OC(=O)N1CC2(C1)C(O)CC1CC12. The molecule has 3 aliphatic rings. The summed E-state index contributed by atoms with van der Waals surface area (Å²) in [5.41, 5.74) is -0.419. The van der Waals surface area contributed by atoms with Gasteiger partial charge in [-0.25, -0.2) is 4.79 Å². The molecule has 4 nitrogen and oxygen atoms in total. The smallest absolute Gasteiger partial charge is 0.410 e. The van der Waals surface area contributed by atoms with Crippen molar-refractivity contribution in [2.24, 2.45) is 17.3 Å². The Balaban J connectivity index is 1.59. The number of carbonyl (C=O) groups excluding carboxylic acids is 1. The predicted molar refractivity (Wildman–Crippen MR) is 62.5 cm³/mol. The van der Waals surface area contributed by atoms with Crippen molar-refractivity contribution in [2.45, 2.75) is 45.3 Å². The molecule has 0 radical (unpaired) electrons. The van der Waals surface area contributed by atoms with Crippen LogP contribution in [0.15, 0.2) is 0 Å². The maximum Gasteiger partial charge on any atom is 0.410 e. The molecule has 3 fully saturated rings. The lowest BCUT2D eigenvalue weighted by Crippen LogP contribution is -2.63. The van der Waals surface area contributed by atoms with E-state index in [1.807, 2.05) is 20.8 Å². The van der Waals surface area contributed by atoms with Gasteiger partial charge in [0.1, 0.15) is 5.60 Å². The molecule has 3 rings (SSSR count). The first-order chi connectivity index (χ1) is 7.82. The second-order valence-electron chi connectivity index (χ2n) is 6.92. The molecule has 0 aromatic heterocycles. The summed E-state index contributed by atoms with van der Waals surface area (Å²) >= 11 is 0. The largest absolute Gasteiger partial charge is 0.444 e. The van der Waals surface area contributed by atoms with Crippen LogP contribution in [0.25, 0.3) is 0 Å². The first kappa shape index (κ1) is 11.3. The fourth-order valence-electron chi connectivity index (χ4n) is 3.55. The summed E-state index contributed by atoms with van der Waals surface area (Å²) in [5.74, 6) is 1.39. The van der Waals surface area contributed by atoms with Crippen LogP contribution in [0, 0.1) is 17.3 Å². The Bertz CT molecular complexity index is 350. The van der Waals surface area contributed by atoms with Gasteiger partial charge in [-0.15, -0.1) is 0 Å². The molecule has 3 atom stereocenters. The third-order valence-corrected chi connectivity index (χ3v) is 4.47. The summed E-state index contributed by atoms with van der Waals surface area (Å²) in [7, 11) is 0. The number of amides is 1. The molecule has 3 unspecified atom stereocenters. The Hall–Kier alpha value is -0.770. The van der Waals surface area contributed by atoms with Crippen molar-refractivity contribution in [1.82, 2.24) is 4.90 Å². The summed E-state index contributed by atoms with van der Waals surface area (Å²) in [6.07, 6.45) is 1.75. The number of ether oxygens (including phenoxy) is 1. The Kier molecular flexibility index (Phi) is 2.11. The summed E-state index contributed by atoms with van der Waals surface area (Å²) in [4.78, 5) is 13.6. The van der Waals surface area contributed by atoms with E-state index in [4.69, 9.17) is 4.74 Å². The number of aliphatic hydroxyl groups is 1. The van der Waals surface area contributed by atoms with E-state index in [1.54, 1.807) is 4.90 Å². The quantitative estimate of drug-likeness (QED) is 0.699. The number of likely N-dealkylation sites (tertiary alicyclic amines) is 1.